The molecule has 19 heavy (non-hydrogen) atoms. The summed E-state index contributed by atoms with van der Waals surface area (Å²) in [6, 6.07) is 7.40. The predicted octanol–water partition coefficient (Wildman–Crippen LogP) is 4.55. The zero-order valence-electron chi connectivity index (χ0n) is 12.3. The highest BCUT2D eigenvalue weighted by atomic mass is 19.1. The van der Waals surface area contributed by atoms with Crippen molar-refractivity contribution in [1.82, 2.24) is 5.32 Å². The van der Waals surface area contributed by atoms with Gasteiger partial charge < -0.3 is 5.32 Å². The summed E-state index contributed by atoms with van der Waals surface area (Å²) >= 11 is 0. The van der Waals surface area contributed by atoms with Crippen LogP contribution in [0.4, 0.5) is 4.39 Å². The average Bonchev–Trinajstić information content (AvgIpc) is 2.36. The van der Waals surface area contributed by atoms with E-state index in [1.807, 2.05) is 12.1 Å². The van der Waals surface area contributed by atoms with Crippen molar-refractivity contribution in [3.63, 3.8) is 0 Å². The lowest BCUT2D eigenvalue weighted by molar-refractivity contribution is 0.177. The van der Waals surface area contributed by atoms with Crippen molar-refractivity contribution in [2.24, 2.45) is 17.8 Å². The molecule has 0 saturated heterocycles. The van der Waals surface area contributed by atoms with E-state index in [0.29, 0.717) is 12.0 Å². The van der Waals surface area contributed by atoms with Gasteiger partial charge in [-0.1, -0.05) is 32.9 Å². The highest BCUT2D eigenvalue weighted by Crippen LogP contribution is 2.39. The van der Waals surface area contributed by atoms with Crippen LogP contribution < -0.4 is 5.32 Å². The molecule has 1 nitrogen and oxygen atoms in total. The van der Waals surface area contributed by atoms with Crippen molar-refractivity contribution in [2.45, 2.75) is 46.1 Å². The van der Waals surface area contributed by atoms with Gasteiger partial charge in [0.25, 0.3) is 0 Å². The highest BCUT2D eigenvalue weighted by molar-refractivity contribution is 5.21. The molecule has 106 valence electrons. The van der Waals surface area contributed by atoms with Gasteiger partial charge in [0.2, 0.25) is 0 Å². The Labute approximate surface area is 116 Å². The third-order valence-electron chi connectivity index (χ3n) is 4.34. The molecule has 2 heteroatoms. The fourth-order valence-electron chi connectivity index (χ4n) is 3.73. The SMILES string of the molecule is CCNC(c1ccc(F)cc1)C1CC(C)CC(C)C1. The monoisotopic (exact) mass is 263 g/mol. The summed E-state index contributed by atoms with van der Waals surface area (Å²) in [6.45, 7) is 7.82. The van der Waals surface area contributed by atoms with Crippen molar-refractivity contribution >= 4 is 0 Å². The molecule has 0 heterocycles. The van der Waals surface area contributed by atoms with E-state index < -0.39 is 0 Å². The lowest BCUT2D eigenvalue weighted by Gasteiger charge is -2.37. The largest absolute Gasteiger partial charge is 0.310 e. The second-order valence-electron chi connectivity index (χ2n) is 6.26. The van der Waals surface area contributed by atoms with Crippen molar-refractivity contribution in [3.8, 4) is 0 Å². The third-order valence-corrected chi connectivity index (χ3v) is 4.34. The van der Waals surface area contributed by atoms with E-state index in [-0.39, 0.29) is 5.82 Å². The molecule has 1 N–H and O–H groups in total. The Morgan fingerprint density at radius 1 is 1.11 bits per heavy atom. The molecule has 0 amide bonds. The smallest absolute Gasteiger partial charge is 0.123 e. The van der Waals surface area contributed by atoms with Gasteiger partial charge in [-0.05, 0) is 61.3 Å². The van der Waals surface area contributed by atoms with Crippen LogP contribution in [0, 0.1) is 23.6 Å². The maximum absolute atomic E-state index is 13.1. The fraction of sp³-hybridized carbons (Fsp3) is 0.647. The summed E-state index contributed by atoms with van der Waals surface area (Å²) in [5.41, 5.74) is 1.23. The number of halogens is 1. The van der Waals surface area contributed by atoms with E-state index in [1.165, 1.54) is 24.8 Å². The van der Waals surface area contributed by atoms with Gasteiger partial charge in [0.05, 0.1) is 0 Å². The van der Waals surface area contributed by atoms with Gasteiger partial charge in [0.1, 0.15) is 5.82 Å². The van der Waals surface area contributed by atoms with Gasteiger partial charge >= 0.3 is 0 Å². The summed E-state index contributed by atoms with van der Waals surface area (Å²) in [5, 5.41) is 3.61. The van der Waals surface area contributed by atoms with Crippen LogP contribution in [0.3, 0.4) is 0 Å². The molecule has 1 aliphatic rings. The molecule has 1 fully saturated rings. The normalized spacial score (nSPS) is 29.2. The minimum absolute atomic E-state index is 0.149. The van der Waals surface area contributed by atoms with E-state index >= 15 is 0 Å². The second-order valence-corrected chi connectivity index (χ2v) is 6.26. The summed E-state index contributed by atoms with van der Waals surface area (Å²) in [6.07, 6.45) is 3.90. The lowest BCUT2D eigenvalue weighted by Crippen LogP contribution is -2.33. The van der Waals surface area contributed by atoms with E-state index in [0.717, 1.165) is 18.4 Å². The second kappa shape index (κ2) is 6.51. The predicted molar refractivity (Wildman–Crippen MR) is 78.5 cm³/mol. The molecule has 1 aromatic carbocycles. The molecule has 0 aromatic heterocycles. The van der Waals surface area contributed by atoms with Crippen molar-refractivity contribution in [1.29, 1.82) is 0 Å². The minimum Gasteiger partial charge on any atom is -0.310 e. The summed E-state index contributed by atoms with van der Waals surface area (Å²) in [4.78, 5) is 0. The van der Waals surface area contributed by atoms with Crippen molar-refractivity contribution in [3.05, 3.63) is 35.6 Å². The zero-order valence-corrected chi connectivity index (χ0v) is 12.3. The molecule has 1 aromatic rings. The van der Waals surface area contributed by atoms with Crippen LogP contribution in [0.2, 0.25) is 0 Å². The molecular formula is C17H26FN. The number of nitrogens with one attached hydrogen (secondary N) is 1. The van der Waals surface area contributed by atoms with Crippen LogP contribution in [0.1, 0.15) is 51.6 Å². The van der Waals surface area contributed by atoms with Crippen LogP contribution >= 0.6 is 0 Å². The molecule has 0 radical (unpaired) electrons. The molecule has 3 unspecified atom stereocenters. The van der Waals surface area contributed by atoms with E-state index in [9.17, 15) is 4.39 Å². The summed E-state index contributed by atoms with van der Waals surface area (Å²) in [5.74, 6) is 2.12. The fourth-order valence-corrected chi connectivity index (χ4v) is 3.73. The first kappa shape index (κ1) is 14.5. The Kier molecular flexibility index (Phi) is 4.98. The Bertz CT molecular complexity index is 377. The number of hydrogen-bond acceptors (Lipinski definition) is 1. The average molecular weight is 263 g/mol. The van der Waals surface area contributed by atoms with Crippen LogP contribution in [0.5, 0.6) is 0 Å². The molecule has 0 spiro atoms. The number of benzene rings is 1. The number of hydrogen-bond donors (Lipinski definition) is 1. The van der Waals surface area contributed by atoms with Crippen LogP contribution in [0.15, 0.2) is 24.3 Å². The molecule has 1 saturated carbocycles. The first-order chi connectivity index (χ1) is 9.10. The Morgan fingerprint density at radius 3 is 2.21 bits per heavy atom. The minimum atomic E-state index is -0.149. The molecule has 0 aliphatic heterocycles. The molecule has 3 atom stereocenters. The molecular weight excluding hydrogens is 237 g/mol. The quantitative estimate of drug-likeness (QED) is 0.840. The Balaban J connectivity index is 2.16. The molecule has 1 aliphatic carbocycles. The van der Waals surface area contributed by atoms with Gasteiger partial charge in [-0.25, -0.2) is 4.39 Å². The first-order valence-corrected chi connectivity index (χ1v) is 7.59. The van der Waals surface area contributed by atoms with Gasteiger partial charge in [-0.2, -0.15) is 0 Å². The zero-order chi connectivity index (χ0) is 13.8. The summed E-state index contributed by atoms with van der Waals surface area (Å²) < 4.78 is 13.1. The van der Waals surface area contributed by atoms with Gasteiger partial charge in [0.15, 0.2) is 0 Å². The van der Waals surface area contributed by atoms with Gasteiger partial charge in [0, 0.05) is 6.04 Å². The third kappa shape index (κ3) is 3.79. The van der Waals surface area contributed by atoms with Crippen LogP contribution in [0.25, 0.3) is 0 Å². The topological polar surface area (TPSA) is 12.0 Å². The van der Waals surface area contributed by atoms with E-state index in [2.05, 4.69) is 26.1 Å². The lowest BCUT2D eigenvalue weighted by atomic mass is 9.72. The maximum atomic E-state index is 13.1. The molecule has 2 rings (SSSR count). The number of rotatable bonds is 4. The van der Waals surface area contributed by atoms with Crippen LogP contribution in [-0.4, -0.2) is 6.54 Å². The summed E-state index contributed by atoms with van der Waals surface area (Å²) in [7, 11) is 0. The maximum Gasteiger partial charge on any atom is 0.123 e. The van der Waals surface area contributed by atoms with Crippen molar-refractivity contribution in [2.75, 3.05) is 6.54 Å². The van der Waals surface area contributed by atoms with Crippen LogP contribution in [-0.2, 0) is 0 Å². The Morgan fingerprint density at radius 2 is 1.68 bits per heavy atom. The highest BCUT2D eigenvalue weighted by Gasteiger charge is 2.30. The van der Waals surface area contributed by atoms with Gasteiger partial charge in [-0.3, -0.25) is 0 Å². The van der Waals surface area contributed by atoms with Crippen molar-refractivity contribution < 1.29 is 4.39 Å². The Hall–Kier alpha value is -0.890. The van der Waals surface area contributed by atoms with E-state index in [4.69, 9.17) is 0 Å². The van der Waals surface area contributed by atoms with E-state index in [1.54, 1.807) is 12.1 Å². The first-order valence-electron chi connectivity index (χ1n) is 7.59. The molecule has 0 bridgehead atoms. The van der Waals surface area contributed by atoms with Gasteiger partial charge in [-0.15, -0.1) is 0 Å². The standard InChI is InChI=1S/C17H26FN/c1-4-19-17(14-5-7-16(18)8-6-14)15-10-12(2)9-13(3)11-15/h5-8,12-13,15,17,19H,4,9-11H2,1-3H3.